The molecule has 1 aromatic carbocycles. The molecule has 1 N–H and O–H groups in total. The van der Waals surface area contributed by atoms with E-state index in [1.54, 1.807) is 13.1 Å². The second-order valence-corrected chi connectivity index (χ2v) is 3.98. The van der Waals surface area contributed by atoms with Crippen LogP contribution in [-0.4, -0.2) is 7.05 Å². The monoisotopic (exact) mass is 289 g/mol. The molecule has 0 aliphatic rings. The Bertz CT molecular complexity index is 586. The molecule has 0 amide bonds. The Morgan fingerprint density at radius 2 is 1.65 bits per heavy atom. The first-order valence-electron chi connectivity index (χ1n) is 5.71. The first-order valence-corrected chi connectivity index (χ1v) is 5.71. The van der Waals surface area contributed by atoms with Gasteiger partial charge in [0.1, 0.15) is 18.1 Å². The summed E-state index contributed by atoms with van der Waals surface area (Å²) >= 11 is 0. The van der Waals surface area contributed by atoms with E-state index in [2.05, 4.69) is 5.32 Å². The van der Waals surface area contributed by atoms with Gasteiger partial charge in [0.05, 0.1) is 6.54 Å². The van der Waals surface area contributed by atoms with E-state index in [0.717, 1.165) is 0 Å². The molecule has 1 aromatic heterocycles. The summed E-state index contributed by atoms with van der Waals surface area (Å²) in [6.07, 6.45) is 0. The summed E-state index contributed by atoms with van der Waals surface area (Å²) in [7, 11) is 1.72. The maximum absolute atomic E-state index is 13.3. The third-order valence-electron chi connectivity index (χ3n) is 2.50. The molecule has 0 fully saturated rings. The van der Waals surface area contributed by atoms with Crippen LogP contribution in [0.4, 0.5) is 17.6 Å². The SMILES string of the molecule is CNCc1ccc(COc2c(F)c(F)cc(F)c2F)o1. The largest absolute Gasteiger partial charge is 0.479 e. The Morgan fingerprint density at radius 3 is 2.25 bits per heavy atom. The molecule has 0 radical (unpaired) electrons. The van der Waals surface area contributed by atoms with Crippen LogP contribution in [-0.2, 0) is 13.2 Å². The fraction of sp³-hybridized carbons (Fsp3) is 0.231. The van der Waals surface area contributed by atoms with Crippen molar-refractivity contribution in [1.82, 2.24) is 5.32 Å². The van der Waals surface area contributed by atoms with Gasteiger partial charge >= 0.3 is 0 Å². The number of nitrogens with one attached hydrogen (secondary N) is 1. The van der Waals surface area contributed by atoms with Gasteiger partial charge in [-0.2, -0.15) is 8.78 Å². The normalized spacial score (nSPS) is 10.8. The number of rotatable bonds is 5. The van der Waals surface area contributed by atoms with Crippen molar-refractivity contribution in [2.45, 2.75) is 13.2 Å². The molecular formula is C13H11F4NO2. The maximum atomic E-state index is 13.3. The quantitative estimate of drug-likeness (QED) is 0.678. The Hall–Kier alpha value is -2.02. The zero-order valence-electron chi connectivity index (χ0n) is 10.5. The molecule has 0 spiro atoms. The molecule has 0 saturated heterocycles. The number of benzene rings is 1. The molecule has 0 aliphatic heterocycles. The minimum atomic E-state index is -1.58. The van der Waals surface area contributed by atoms with Crippen molar-refractivity contribution >= 4 is 0 Å². The average molecular weight is 289 g/mol. The molecule has 7 heteroatoms. The summed E-state index contributed by atoms with van der Waals surface area (Å²) in [4.78, 5) is 0. The van der Waals surface area contributed by atoms with E-state index < -0.39 is 29.0 Å². The molecule has 108 valence electrons. The van der Waals surface area contributed by atoms with Gasteiger partial charge in [-0.15, -0.1) is 0 Å². The zero-order valence-corrected chi connectivity index (χ0v) is 10.5. The molecule has 0 saturated carbocycles. The van der Waals surface area contributed by atoms with Gasteiger partial charge in [0.25, 0.3) is 0 Å². The van der Waals surface area contributed by atoms with Crippen LogP contribution in [0.1, 0.15) is 11.5 Å². The second kappa shape index (κ2) is 5.96. The van der Waals surface area contributed by atoms with Gasteiger partial charge in [0.15, 0.2) is 17.4 Å². The number of ether oxygens (including phenoxy) is 1. The Balaban J connectivity index is 2.14. The van der Waals surface area contributed by atoms with Crippen LogP contribution in [0.25, 0.3) is 0 Å². The summed E-state index contributed by atoms with van der Waals surface area (Å²) in [6.45, 7) is 0.123. The van der Waals surface area contributed by atoms with Crippen molar-refractivity contribution in [2.24, 2.45) is 0 Å². The highest BCUT2D eigenvalue weighted by molar-refractivity contribution is 5.28. The van der Waals surface area contributed by atoms with Gasteiger partial charge in [0.2, 0.25) is 11.6 Å². The first-order chi connectivity index (χ1) is 9.52. The highest BCUT2D eigenvalue weighted by atomic mass is 19.2. The van der Waals surface area contributed by atoms with Crippen molar-refractivity contribution < 1.29 is 26.7 Å². The molecule has 2 aromatic rings. The van der Waals surface area contributed by atoms with Crippen LogP contribution in [0.2, 0.25) is 0 Å². The van der Waals surface area contributed by atoms with E-state index >= 15 is 0 Å². The van der Waals surface area contributed by atoms with E-state index in [4.69, 9.17) is 9.15 Å². The van der Waals surface area contributed by atoms with Crippen LogP contribution in [0.3, 0.4) is 0 Å². The van der Waals surface area contributed by atoms with E-state index in [-0.39, 0.29) is 18.4 Å². The number of halogens is 4. The zero-order chi connectivity index (χ0) is 14.7. The van der Waals surface area contributed by atoms with Crippen molar-refractivity contribution in [3.05, 3.63) is 53.0 Å². The fourth-order valence-electron chi connectivity index (χ4n) is 1.59. The lowest BCUT2D eigenvalue weighted by molar-refractivity contribution is 0.234. The molecule has 3 nitrogen and oxygen atoms in total. The maximum Gasteiger partial charge on any atom is 0.203 e. The van der Waals surface area contributed by atoms with E-state index in [0.29, 0.717) is 12.3 Å². The van der Waals surface area contributed by atoms with Crippen molar-refractivity contribution in [3.63, 3.8) is 0 Å². The summed E-state index contributed by atoms with van der Waals surface area (Å²) in [5, 5.41) is 2.85. The topological polar surface area (TPSA) is 34.4 Å². The highest BCUT2D eigenvalue weighted by Gasteiger charge is 2.20. The first kappa shape index (κ1) is 14.4. The van der Waals surface area contributed by atoms with Crippen molar-refractivity contribution in [2.75, 3.05) is 7.05 Å². The molecule has 20 heavy (non-hydrogen) atoms. The van der Waals surface area contributed by atoms with Gasteiger partial charge in [-0.05, 0) is 19.2 Å². The number of hydrogen-bond acceptors (Lipinski definition) is 3. The van der Waals surface area contributed by atoms with Gasteiger partial charge in [-0.25, -0.2) is 8.78 Å². The average Bonchev–Trinajstić information content (AvgIpc) is 2.85. The van der Waals surface area contributed by atoms with Gasteiger partial charge in [-0.1, -0.05) is 0 Å². The minimum absolute atomic E-state index is 0.120. The Kier molecular flexibility index (Phi) is 4.29. The van der Waals surface area contributed by atoms with Crippen LogP contribution >= 0.6 is 0 Å². The third-order valence-corrected chi connectivity index (χ3v) is 2.50. The molecule has 0 aliphatic carbocycles. The van der Waals surface area contributed by atoms with E-state index in [1.165, 1.54) is 6.07 Å². The lowest BCUT2D eigenvalue weighted by Gasteiger charge is -2.08. The lowest BCUT2D eigenvalue weighted by Crippen LogP contribution is -2.04. The van der Waals surface area contributed by atoms with Crippen molar-refractivity contribution in [1.29, 1.82) is 0 Å². The predicted molar refractivity (Wildman–Crippen MR) is 62.1 cm³/mol. The highest BCUT2D eigenvalue weighted by Crippen LogP contribution is 2.27. The Labute approximate surface area is 112 Å². The number of hydrogen-bond donors (Lipinski definition) is 1. The van der Waals surface area contributed by atoms with Crippen LogP contribution in [0.15, 0.2) is 22.6 Å². The molecule has 0 atom stereocenters. The smallest absolute Gasteiger partial charge is 0.203 e. The van der Waals surface area contributed by atoms with Gasteiger partial charge < -0.3 is 14.5 Å². The molecular weight excluding hydrogens is 278 g/mol. The van der Waals surface area contributed by atoms with E-state index in [1.807, 2.05) is 0 Å². The molecule has 0 unspecified atom stereocenters. The van der Waals surface area contributed by atoms with Crippen molar-refractivity contribution in [3.8, 4) is 5.75 Å². The minimum Gasteiger partial charge on any atom is -0.479 e. The molecule has 2 rings (SSSR count). The van der Waals surface area contributed by atoms with Gasteiger partial charge in [0, 0.05) is 6.07 Å². The lowest BCUT2D eigenvalue weighted by atomic mass is 10.3. The second-order valence-electron chi connectivity index (χ2n) is 3.98. The van der Waals surface area contributed by atoms with E-state index in [9.17, 15) is 17.6 Å². The Morgan fingerprint density at radius 1 is 1.05 bits per heavy atom. The standard InChI is InChI=1S/C13H11F4NO2/c1-18-5-7-2-3-8(20-7)6-19-13-11(16)9(14)4-10(15)12(13)17/h2-4,18H,5-6H2,1H3. The van der Waals surface area contributed by atoms with Crippen LogP contribution in [0.5, 0.6) is 5.75 Å². The number of furan rings is 1. The summed E-state index contributed by atoms with van der Waals surface area (Å²) < 4.78 is 62.6. The fourth-order valence-corrected chi connectivity index (χ4v) is 1.59. The van der Waals surface area contributed by atoms with Gasteiger partial charge in [-0.3, -0.25) is 0 Å². The molecule has 0 bridgehead atoms. The summed E-state index contributed by atoms with van der Waals surface area (Å²) in [5.41, 5.74) is 0. The third kappa shape index (κ3) is 2.93. The summed E-state index contributed by atoms with van der Waals surface area (Å²) in [5.74, 6) is -6.43. The van der Waals surface area contributed by atoms with Crippen LogP contribution < -0.4 is 10.1 Å². The van der Waals surface area contributed by atoms with Crippen LogP contribution in [0, 0.1) is 23.3 Å². The predicted octanol–water partition coefficient (Wildman–Crippen LogP) is 3.13. The summed E-state index contributed by atoms with van der Waals surface area (Å²) in [6, 6.07) is 3.31. The molecule has 1 heterocycles.